The molecule has 1 aliphatic heterocycles. The number of hydrogen-bond donors (Lipinski definition) is 0. The highest BCUT2D eigenvalue weighted by atomic mass is 35.5. The van der Waals surface area contributed by atoms with Gasteiger partial charge >= 0.3 is 0 Å². The quantitative estimate of drug-likeness (QED) is 0.671. The average Bonchev–Trinajstić information content (AvgIpc) is 3.04. The minimum Gasteiger partial charge on any atom is -0.497 e. The smallest absolute Gasteiger partial charge is 0.247 e. The van der Waals surface area contributed by atoms with Crippen LogP contribution in [0.4, 0.5) is 0 Å². The molecule has 2 aromatic carbocycles. The van der Waals surface area contributed by atoms with Crippen LogP contribution in [0.25, 0.3) is 6.08 Å². The second-order valence-corrected chi connectivity index (χ2v) is 9.42. The maximum Gasteiger partial charge on any atom is 0.247 e. The molecular weight excluding hydrogens is 398 g/mol. The SMILES string of the molecule is COc1ccc(/C=C/C(=O)N(Cc2cccc(Cl)c2)[C@H]2CCS(=O)(=O)C2)cc1. The highest BCUT2D eigenvalue weighted by Crippen LogP contribution is 2.22. The minimum absolute atomic E-state index is 0.00428. The van der Waals surface area contributed by atoms with Gasteiger partial charge in [0.25, 0.3) is 0 Å². The number of rotatable bonds is 6. The van der Waals surface area contributed by atoms with Crippen LogP contribution in [0, 0.1) is 0 Å². The molecule has 1 atom stereocenters. The van der Waals surface area contributed by atoms with Gasteiger partial charge in [0.05, 0.1) is 18.6 Å². The summed E-state index contributed by atoms with van der Waals surface area (Å²) in [4.78, 5) is 14.5. The van der Waals surface area contributed by atoms with Crippen LogP contribution in [-0.2, 0) is 21.2 Å². The summed E-state index contributed by atoms with van der Waals surface area (Å²) in [5, 5.41) is 0.581. The number of methoxy groups -OCH3 is 1. The topological polar surface area (TPSA) is 63.7 Å². The summed E-state index contributed by atoms with van der Waals surface area (Å²) in [6.45, 7) is 0.312. The van der Waals surface area contributed by atoms with Crippen LogP contribution in [-0.4, -0.2) is 43.9 Å². The van der Waals surface area contributed by atoms with Crippen molar-refractivity contribution < 1.29 is 17.9 Å². The lowest BCUT2D eigenvalue weighted by atomic mass is 10.1. The lowest BCUT2D eigenvalue weighted by Gasteiger charge is -2.27. The average molecular weight is 420 g/mol. The minimum atomic E-state index is -3.11. The molecule has 2 aromatic rings. The van der Waals surface area contributed by atoms with E-state index in [0.717, 1.165) is 16.9 Å². The molecule has 3 rings (SSSR count). The Balaban J connectivity index is 1.80. The van der Waals surface area contributed by atoms with Gasteiger partial charge in [0.15, 0.2) is 9.84 Å². The molecule has 1 aliphatic rings. The number of amides is 1. The van der Waals surface area contributed by atoms with Gasteiger partial charge in [-0.2, -0.15) is 0 Å². The summed E-state index contributed by atoms with van der Waals surface area (Å²) in [7, 11) is -1.51. The fourth-order valence-corrected chi connectivity index (χ4v) is 5.16. The zero-order valence-electron chi connectivity index (χ0n) is 15.5. The molecule has 5 nitrogen and oxygen atoms in total. The summed E-state index contributed by atoms with van der Waals surface area (Å²) in [6, 6.07) is 14.3. The Kier molecular flexibility index (Phi) is 6.42. The van der Waals surface area contributed by atoms with E-state index in [-0.39, 0.29) is 23.5 Å². The van der Waals surface area contributed by atoms with Crippen molar-refractivity contribution in [3.05, 3.63) is 70.8 Å². The predicted octanol–water partition coefficient (Wildman–Crippen LogP) is 3.58. The lowest BCUT2D eigenvalue weighted by Crippen LogP contribution is -2.39. The summed E-state index contributed by atoms with van der Waals surface area (Å²) in [5.41, 5.74) is 1.72. The first-order valence-corrected chi connectivity index (χ1v) is 11.1. The second kappa shape index (κ2) is 8.80. The van der Waals surface area contributed by atoms with Gasteiger partial charge in [-0.3, -0.25) is 4.79 Å². The third-order valence-electron chi connectivity index (χ3n) is 4.71. The lowest BCUT2D eigenvalue weighted by molar-refractivity contribution is -0.128. The highest BCUT2D eigenvalue weighted by Gasteiger charge is 2.34. The van der Waals surface area contributed by atoms with E-state index in [1.54, 1.807) is 30.2 Å². The van der Waals surface area contributed by atoms with Gasteiger partial charge in [-0.1, -0.05) is 35.9 Å². The number of hydrogen-bond acceptors (Lipinski definition) is 4. The number of nitrogens with zero attached hydrogens (tertiary/aromatic N) is 1. The van der Waals surface area contributed by atoms with Gasteiger partial charge in [0.1, 0.15) is 5.75 Å². The van der Waals surface area contributed by atoms with E-state index in [2.05, 4.69) is 0 Å². The first-order valence-electron chi connectivity index (χ1n) is 8.94. The Morgan fingerprint density at radius 3 is 2.61 bits per heavy atom. The summed E-state index contributed by atoms with van der Waals surface area (Å²) in [5.74, 6) is 0.620. The maximum atomic E-state index is 12.9. The summed E-state index contributed by atoms with van der Waals surface area (Å²) < 4.78 is 29.0. The molecule has 1 heterocycles. The van der Waals surface area contributed by atoms with Crippen LogP contribution in [0.2, 0.25) is 5.02 Å². The van der Waals surface area contributed by atoms with E-state index in [9.17, 15) is 13.2 Å². The summed E-state index contributed by atoms with van der Waals surface area (Å²) in [6.07, 6.45) is 3.65. The van der Waals surface area contributed by atoms with Crippen LogP contribution in [0.15, 0.2) is 54.6 Å². The number of sulfone groups is 1. The predicted molar refractivity (Wildman–Crippen MR) is 111 cm³/mol. The molecule has 7 heteroatoms. The van der Waals surface area contributed by atoms with Crippen LogP contribution in [0.3, 0.4) is 0 Å². The summed E-state index contributed by atoms with van der Waals surface area (Å²) >= 11 is 6.06. The molecule has 0 spiro atoms. The van der Waals surface area contributed by atoms with Crippen molar-refractivity contribution >= 4 is 33.4 Å². The molecule has 28 heavy (non-hydrogen) atoms. The molecule has 1 fully saturated rings. The van der Waals surface area contributed by atoms with Crippen molar-refractivity contribution in [3.8, 4) is 5.75 Å². The van der Waals surface area contributed by atoms with Crippen LogP contribution >= 0.6 is 11.6 Å². The fraction of sp³-hybridized carbons (Fsp3) is 0.286. The van der Waals surface area contributed by atoms with E-state index < -0.39 is 9.84 Å². The normalized spacial score (nSPS) is 18.3. The standard InChI is InChI=1S/C21H22ClNO4S/c1-27-20-8-5-16(6-9-20)7-10-21(24)23(19-11-12-28(25,26)15-19)14-17-3-2-4-18(22)13-17/h2-10,13,19H,11-12,14-15H2,1H3/b10-7+/t19-/m0/s1. The molecule has 0 radical (unpaired) electrons. The van der Waals surface area contributed by atoms with Gasteiger partial charge in [-0.15, -0.1) is 0 Å². The monoisotopic (exact) mass is 419 g/mol. The maximum absolute atomic E-state index is 12.9. The number of benzene rings is 2. The van der Waals surface area contributed by atoms with E-state index in [1.807, 2.05) is 36.4 Å². The van der Waals surface area contributed by atoms with Gasteiger partial charge in [0, 0.05) is 23.7 Å². The third kappa shape index (κ3) is 5.36. The fourth-order valence-electron chi connectivity index (χ4n) is 3.22. The molecule has 0 unspecified atom stereocenters. The Morgan fingerprint density at radius 2 is 2.00 bits per heavy atom. The van der Waals surface area contributed by atoms with Crippen LogP contribution in [0.1, 0.15) is 17.5 Å². The number of carbonyl (C=O) groups excluding carboxylic acids is 1. The van der Waals surface area contributed by atoms with E-state index in [0.29, 0.717) is 18.0 Å². The van der Waals surface area contributed by atoms with Crippen molar-refractivity contribution in [3.63, 3.8) is 0 Å². The Morgan fingerprint density at radius 1 is 1.25 bits per heavy atom. The van der Waals surface area contributed by atoms with Gasteiger partial charge in [-0.05, 0) is 47.9 Å². The Hall–Kier alpha value is -2.31. The van der Waals surface area contributed by atoms with Crippen molar-refractivity contribution in [2.75, 3.05) is 18.6 Å². The van der Waals surface area contributed by atoms with Gasteiger partial charge in [0.2, 0.25) is 5.91 Å². The Labute approximate surface area is 170 Å². The molecule has 0 bridgehead atoms. The van der Waals surface area contributed by atoms with Gasteiger partial charge < -0.3 is 9.64 Å². The highest BCUT2D eigenvalue weighted by molar-refractivity contribution is 7.91. The molecule has 1 saturated heterocycles. The van der Waals surface area contributed by atoms with Crippen molar-refractivity contribution in [1.82, 2.24) is 4.90 Å². The number of halogens is 1. The first kappa shape index (κ1) is 20.4. The van der Waals surface area contributed by atoms with Crippen LogP contribution < -0.4 is 4.74 Å². The van der Waals surface area contributed by atoms with Crippen molar-refractivity contribution in [2.45, 2.75) is 19.0 Å². The molecule has 148 valence electrons. The molecule has 0 aliphatic carbocycles. The third-order valence-corrected chi connectivity index (χ3v) is 6.69. The second-order valence-electron chi connectivity index (χ2n) is 6.76. The zero-order chi connectivity index (χ0) is 20.1. The first-order chi connectivity index (χ1) is 13.4. The zero-order valence-corrected chi connectivity index (χ0v) is 17.1. The number of ether oxygens (including phenoxy) is 1. The molecule has 0 N–H and O–H groups in total. The van der Waals surface area contributed by atoms with Crippen molar-refractivity contribution in [1.29, 1.82) is 0 Å². The Bertz CT molecular complexity index is 970. The van der Waals surface area contributed by atoms with E-state index in [4.69, 9.17) is 16.3 Å². The molecular formula is C21H22ClNO4S. The van der Waals surface area contributed by atoms with E-state index in [1.165, 1.54) is 6.08 Å². The molecule has 0 aromatic heterocycles. The van der Waals surface area contributed by atoms with Gasteiger partial charge in [-0.25, -0.2) is 8.42 Å². The number of carbonyl (C=O) groups is 1. The van der Waals surface area contributed by atoms with E-state index >= 15 is 0 Å². The largest absolute Gasteiger partial charge is 0.497 e. The van der Waals surface area contributed by atoms with Crippen LogP contribution in [0.5, 0.6) is 5.75 Å². The van der Waals surface area contributed by atoms with Crippen molar-refractivity contribution in [2.24, 2.45) is 0 Å². The molecule has 0 saturated carbocycles. The molecule has 1 amide bonds.